The predicted molar refractivity (Wildman–Crippen MR) is 90.4 cm³/mol. The van der Waals surface area contributed by atoms with Crippen molar-refractivity contribution in [2.45, 2.75) is 49.7 Å². The number of piperidine rings is 1. The minimum atomic E-state index is -0.162. The first-order valence-corrected chi connectivity index (χ1v) is 9.46. The summed E-state index contributed by atoms with van der Waals surface area (Å²) in [7, 11) is 1.90. The lowest BCUT2D eigenvalue weighted by Crippen LogP contribution is -2.73. The number of hydrogen-bond acceptors (Lipinski definition) is 3. The molecule has 1 saturated heterocycles. The van der Waals surface area contributed by atoms with Gasteiger partial charge in [0.05, 0.1) is 0 Å². The molecule has 0 spiro atoms. The molecule has 1 aromatic rings. The number of halogens is 1. The van der Waals surface area contributed by atoms with Gasteiger partial charge in [-0.25, -0.2) is 4.98 Å². The van der Waals surface area contributed by atoms with E-state index < -0.39 is 0 Å². The topological polar surface area (TPSA) is 25.4 Å². The number of likely N-dealkylation sites (tertiary alicyclic amines) is 1. The molecule has 5 aliphatic rings. The number of methoxy groups -OCH3 is 1. The number of rotatable bonds is 3. The van der Waals surface area contributed by atoms with Crippen LogP contribution < -0.4 is 0 Å². The van der Waals surface area contributed by atoms with E-state index in [1.54, 1.807) is 0 Å². The van der Waals surface area contributed by atoms with Crippen molar-refractivity contribution in [3.63, 3.8) is 0 Å². The summed E-state index contributed by atoms with van der Waals surface area (Å²) in [5.41, 5.74) is 1.66. The summed E-state index contributed by atoms with van der Waals surface area (Å²) < 4.78 is 6.30. The highest BCUT2D eigenvalue weighted by Crippen LogP contribution is 2.63. The highest BCUT2D eigenvalue weighted by atomic mass is 35.5. The Morgan fingerprint density at radius 1 is 1.22 bits per heavy atom. The summed E-state index contributed by atoms with van der Waals surface area (Å²) >= 11 is 6.20. The minimum absolute atomic E-state index is 0.162. The SMILES string of the molecule is COC1(c2ccnc(Cl)c2)C2CCCC1CN(C13CC(C1)C3)C2. The smallest absolute Gasteiger partial charge is 0.129 e. The van der Waals surface area contributed by atoms with Crippen LogP contribution in [-0.2, 0) is 10.3 Å². The Balaban J connectivity index is 1.51. The molecular weight excluding hydrogens is 308 g/mol. The summed E-state index contributed by atoms with van der Waals surface area (Å²) in [6.45, 7) is 2.38. The Morgan fingerprint density at radius 3 is 2.43 bits per heavy atom. The third-order valence-corrected chi connectivity index (χ3v) is 7.60. The second-order valence-electron chi connectivity index (χ2n) is 8.30. The Hall–Kier alpha value is -0.640. The third kappa shape index (κ3) is 1.87. The van der Waals surface area contributed by atoms with Crippen molar-refractivity contribution in [1.82, 2.24) is 9.88 Å². The van der Waals surface area contributed by atoms with Gasteiger partial charge in [-0.1, -0.05) is 18.0 Å². The third-order valence-electron chi connectivity index (χ3n) is 7.39. The summed E-state index contributed by atoms with van der Waals surface area (Å²) in [6.07, 6.45) is 10.1. The number of pyridine rings is 1. The van der Waals surface area contributed by atoms with Gasteiger partial charge in [0.25, 0.3) is 0 Å². The molecule has 0 N–H and O–H groups in total. The molecule has 4 saturated carbocycles. The lowest BCUT2D eigenvalue weighted by Gasteiger charge is -2.70. The Morgan fingerprint density at radius 2 is 1.91 bits per heavy atom. The molecule has 5 fully saturated rings. The van der Waals surface area contributed by atoms with Crippen LogP contribution in [0.25, 0.3) is 0 Å². The summed E-state index contributed by atoms with van der Waals surface area (Å²) in [4.78, 5) is 7.01. The van der Waals surface area contributed by atoms with Crippen LogP contribution in [-0.4, -0.2) is 35.6 Å². The van der Waals surface area contributed by atoms with Crippen LogP contribution in [0.4, 0.5) is 0 Å². The zero-order chi connectivity index (χ0) is 15.7. The number of nitrogens with zero attached hydrogens (tertiary/aromatic N) is 2. The second-order valence-corrected chi connectivity index (χ2v) is 8.68. The van der Waals surface area contributed by atoms with Crippen molar-refractivity contribution in [3.8, 4) is 0 Å². The van der Waals surface area contributed by atoms with Crippen LogP contribution in [0.15, 0.2) is 18.3 Å². The molecule has 1 aromatic heterocycles. The summed E-state index contributed by atoms with van der Waals surface area (Å²) in [5, 5.41) is 0.582. The zero-order valence-corrected chi connectivity index (χ0v) is 14.6. The molecule has 2 atom stereocenters. The van der Waals surface area contributed by atoms with E-state index >= 15 is 0 Å². The second kappa shape index (κ2) is 4.93. The number of aromatic nitrogens is 1. The predicted octanol–water partition coefficient (Wildman–Crippen LogP) is 3.86. The van der Waals surface area contributed by atoms with Crippen molar-refractivity contribution in [1.29, 1.82) is 0 Å². The van der Waals surface area contributed by atoms with Crippen LogP contribution >= 0.6 is 11.6 Å². The molecule has 0 radical (unpaired) electrons. The molecule has 2 heterocycles. The van der Waals surface area contributed by atoms with Crippen LogP contribution in [0, 0.1) is 17.8 Å². The monoisotopic (exact) mass is 332 g/mol. The van der Waals surface area contributed by atoms with Crippen LogP contribution in [0.2, 0.25) is 5.15 Å². The molecule has 6 rings (SSSR count). The molecule has 0 amide bonds. The van der Waals surface area contributed by atoms with Crippen LogP contribution in [0.5, 0.6) is 0 Å². The van der Waals surface area contributed by atoms with Crippen molar-refractivity contribution in [2.24, 2.45) is 17.8 Å². The van der Waals surface area contributed by atoms with E-state index in [-0.39, 0.29) is 5.60 Å². The zero-order valence-electron chi connectivity index (χ0n) is 13.8. The molecule has 2 unspecified atom stereocenters. The van der Waals surface area contributed by atoms with Gasteiger partial charge in [-0.05, 0) is 55.7 Å². The lowest BCUT2D eigenvalue weighted by atomic mass is 9.48. The van der Waals surface area contributed by atoms with E-state index in [9.17, 15) is 0 Å². The molecule has 124 valence electrons. The first kappa shape index (κ1) is 14.7. The van der Waals surface area contributed by atoms with Crippen molar-refractivity contribution in [3.05, 3.63) is 29.0 Å². The molecule has 4 bridgehead atoms. The van der Waals surface area contributed by atoms with E-state index in [0.717, 1.165) is 5.92 Å². The Bertz CT molecular complexity index is 603. The number of ether oxygens (including phenoxy) is 1. The standard InChI is InChI=1S/C19H25ClN2O/c1-23-19(14-5-6-21-17(20)7-14)15-3-2-4-16(19)12-22(11-15)18-8-13(9-18)10-18/h5-7,13,15-16H,2-4,8-12H2,1H3. The number of hydrogen-bond donors (Lipinski definition) is 0. The fourth-order valence-electron chi connectivity index (χ4n) is 6.21. The number of fused-ring (bicyclic) bond motifs is 2. The average Bonchev–Trinajstić information content (AvgIpc) is 2.43. The van der Waals surface area contributed by atoms with Gasteiger partial charge in [0, 0.05) is 43.8 Å². The van der Waals surface area contributed by atoms with Gasteiger partial charge in [0.2, 0.25) is 0 Å². The molecule has 23 heavy (non-hydrogen) atoms. The van der Waals surface area contributed by atoms with E-state index in [0.29, 0.717) is 22.5 Å². The molecule has 3 nitrogen and oxygen atoms in total. The van der Waals surface area contributed by atoms with Crippen LogP contribution in [0.3, 0.4) is 0 Å². The molecule has 4 aliphatic carbocycles. The van der Waals surface area contributed by atoms with E-state index in [1.165, 1.54) is 57.2 Å². The maximum Gasteiger partial charge on any atom is 0.129 e. The maximum absolute atomic E-state index is 6.30. The fourth-order valence-corrected chi connectivity index (χ4v) is 6.38. The Kier molecular flexibility index (Phi) is 3.15. The molecular formula is C19H25ClN2O. The van der Waals surface area contributed by atoms with Crippen molar-refractivity contribution in [2.75, 3.05) is 20.2 Å². The highest BCUT2D eigenvalue weighted by Gasteiger charge is 2.63. The molecule has 4 heteroatoms. The van der Waals surface area contributed by atoms with Crippen molar-refractivity contribution >= 4 is 11.6 Å². The van der Waals surface area contributed by atoms with Gasteiger partial charge >= 0.3 is 0 Å². The van der Waals surface area contributed by atoms with Gasteiger partial charge in [-0.2, -0.15) is 0 Å². The lowest BCUT2D eigenvalue weighted by molar-refractivity contribution is -0.226. The highest BCUT2D eigenvalue weighted by molar-refractivity contribution is 6.29. The normalized spacial score (nSPS) is 45.2. The van der Waals surface area contributed by atoms with E-state index in [1.807, 2.05) is 19.4 Å². The average molecular weight is 333 g/mol. The fraction of sp³-hybridized carbons (Fsp3) is 0.737. The van der Waals surface area contributed by atoms with Gasteiger partial charge in [0.15, 0.2) is 0 Å². The summed E-state index contributed by atoms with van der Waals surface area (Å²) in [5.74, 6) is 2.20. The van der Waals surface area contributed by atoms with Gasteiger partial charge in [-0.15, -0.1) is 0 Å². The largest absolute Gasteiger partial charge is 0.373 e. The van der Waals surface area contributed by atoms with Crippen LogP contribution in [0.1, 0.15) is 44.1 Å². The van der Waals surface area contributed by atoms with Gasteiger partial charge < -0.3 is 4.74 Å². The molecule has 0 aromatic carbocycles. The van der Waals surface area contributed by atoms with Crippen molar-refractivity contribution < 1.29 is 4.74 Å². The molecule has 1 aliphatic heterocycles. The van der Waals surface area contributed by atoms with Gasteiger partial charge in [0.1, 0.15) is 10.8 Å². The summed E-state index contributed by atoms with van der Waals surface area (Å²) in [6, 6.07) is 4.16. The Labute approximate surface area is 143 Å². The minimum Gasteiger partial charge on any atom is -0.373 e. The maximum atomic E-state index is 6.30. The first-order chi connectivity index (χ1) is 11.2. The van der Waals surface area contributed by atoms with Gasteiger partial charge in [-0.3, -0.25) is 4.90 Å². The first-order valence-electron chi connectivity index (χ1n) is 9.08. The van der Waals surface area contributed by atoms with E-state index in [2.05, 4.69) is 16.0 Å². The quantitative estimate of drug-likeness (QED) is 0.786. The van der Waals surface area contributed by atoms with E-state index in [4.69, 9.17) is 16.3 Å².